The number of aromatic nitrogens is 3. The van der Waals surface area contributed by atoms with Gasteiger partial charge in [-0.05, 0) is 37.0 Å². The number of carbonyl (C=O) groups is 1. The Morgan fingerprint density at radius 2 is 1.82 bits per heavy atom. The second-order valence-corrected chi connectivity index (χ2v) is 10.6. The number of hydrogen-bond donors (Lipinski definition) is 1. The molecule has 2 aliphatic heterocycles. The van der Waals surface area contributed by atoms with Gasteiger partial charge in [0.25, 0.3) is 0 Å². The first-order valence-electron chi connectivity index (χ1n) is 12.1. The minimum absolute atomic E-state index is 0.0461. The lowest BCUT2D eigenvalue weighted by atomic mass is 9.71. The second-order valence-electron chi connectivity index (χ2n) is 10.2. The summed E-state index contributed by atoms with van der Waals surface area (Å²) in [6, 6.07) is 7.37. The van der Waals surface area contributed by atoms with Gasteiger partial charge in [0.15, 0.2) is 5.82 Å². The molecule has 2 saturated heterocycles. The van der Waals surface area contributed by atoms with Gasteiger partial charge in [-0.25, -0.2) is 0 Å². The Hall–Kier alpha value is -2.45. The lowest BCUT2D eigenvalue weighted by Crippen LogP contribution is -2.59. The highest BCUT2D eigenvalue weighted by Crippen LogP contribution is 2.50. The van der Waals surface area contributed by atoms with Crippen LogP contribution in [0.2, 0.25) is 5.02 Å². The van der Waals surface area contributed by atoms with E-state index in [1.807, 2.05) is 23.1 Å². The lowest BCUT2D eigenvalue weighted by molar-refractivity contribution is -0.154. The molecule has 1 N–H and O–H groups in total. The van der Waals surface area contributed by atoms with E-state index in [0.29, 0.717) is 48.8 Å². The maximum atomic E-state index is 13.9. The number of carbonyl (C=O) groups excluding carboxylic acids is 1. The molecule has 3 fully saturated rings. The Labute approximate surface area is 205 Å². The van der Waals surface area contributed by atoms with Crippen molar-refractivity contribution in [2.75, 3.05) is 38.2 Å². The highest BCUT2D eigenvalue weighted by Gasteiger charge is 2.55. The van der Waals surface area contributed by atoms with Gasteiger partial charge >= 0.3 is 0 Å². The number of amides is 1. The fourth-order valence-corrected chi connectivity index (χ4v) is 6.13. The molecule has 5 rings (SSSR count). The quantitative estimate of drug-likeness (QED) is 0.696. The highest BCUT2D eigenvalue weighted by atomic mass is 35.5. The van der Waals surface area contributed by atoms with Crippen LogP contribution in [0.4, 0.5) is 5.82 Å². The van der Waals surface area contributed by atoms with Crippen LogP contribution in [-0.4, -0.2) is 70.0 Å². The summed E-state index contributed by atoms with van der Waals surface area (Å²) in [6.45, 7) is 6.46. The molecule has 0 bridgehead atoms. The summed E-state index contributed by atoms with van der Waals surface area (Å²) in [5.41, 5.74) is 0.174. The number of halogens is 1. The Balaban J connectivity index is 1.39. The molecule has 9 heteroatoms. The van der Waals surface area contributed by atoms with E-state index in [2.05, 4.69) is 33.9 Å². The van der Waals surface area contributed by atoms with Gasteiger partial charge in [0.05, 0.1) is 23.7 Å². The molecule has 4 atom stereocenters. The van der Waals surface area contributed by atoms with Crippen molar-refractivity contribution in [1.82, 2.24) is 20.1 Å². The number of piperidine rings is 1. The predicted octanol–water partition coefficient (Wildman–Crippen LogP) is 3.01. The first kappa shape index (κ1) is 23.3. The van der Waals surface area contributed by atoms with Crippen LogP contribution >= 0.6 is 11.6 Å². The number of ether oxygens (including phenoxy) is 1. The molecule has 8 nitrogen and oxygen atoms in total. The van der Waals surface area contributed by atoms with Crippen LogP contribution in [0.25, 0.3) is 0 Å². The van der Waals surface area contributed by atoms with Gasteiger partial charge in [-0.15, -0.1) is 10.2 Å². The first-order valence-corrected chi connectivity index (χ1v) is 12.4. The summed E-state index contributed by atoms with van der Waals surface area (Å²) in [4.78, 5) is 22.5. The van der Waals surface area contributed by atoms with Gasteiger partial charge < -0.3 is 19.6 Å². The topological polar surface area (TPSA) is 91.7 Å². The molecule has 0 spiro atoms. The van der Waals surface area contributed by atoms with Crippen molar-refractivity contribution in [2.45, 2.75) is 38.2 Å². The summed E-state index contributed by atoms with van der Waals surface area (Å²) < 4.78 is 5.13. The van der Waals surface area contributed by atoms with E-state index in [1.54, 1.807) is 19.4 Å². The van der Waals surface area contributed by atoms with E-state index in [9.17, 15) is 9.90 Å². The summed E-state index contributed by atoms with van der Waals surface area (Å²) in [5.74, 6) is 1.37. The Kier molecular flexibility index (Phi) is 6.14. The molecule has 2 unspecified atom stereocenters. The van der Waals surface area contributed by atoms with Gasteiger partial charge in [0.1, 0.15) is 0 Å². The standard InChI is InChI=1S/C25H32ClN5O3/c1-15-11-31(12-16(2)25(15,33)17-4-5-17)24(32)20-14-30(22-8-9-23(34-3)29-28-22)13-19(20)21-7-6-18(26)10-27-21/h6-10,15-17,19-20,33H,4-5,11-14H2,1-3H3/t15?,16?,19-,20-,25?/m1/s1. The zero-order valence-electron chi connectivity index (χ0n) is 19.9. The smallest absolute Gasteiger partial charge is 0.233 e. The first-order chi connectivity index (χ1) is 16.3. The van der Waals surface area contributed by atoms with E-state index < -0.39 is 5.60 Å². The number of pyridine rings is 1. The number of anilines is 1. The van der Waals surface area contributed by atoms with E-state index in [-0.39, 0.29) is 29.6 Å². The van der Waals surface area contributed by atoms with E-state index in [1.165, 1.54) is 0 Å². The fraction of sp³-hybridized carbons (Fsp3) is 0.600. The number of hydrogen-bond acceptors (Lipinski definition) is 7. The molecule has 4 heterocycles. The summed E-state index contributed by atoms with van der Waals surface area (Å²) in [7, 11) is 1.56. The average Bonchev–Trinajstić information content (AvgIpc) is 3.61. The van der Waals surface area contributed by atoms with Crippen LogP contribution in [-0.2, 0) is 4.79 Å². The normalized spacial score (nSPS) is 31.6. The average molecular weight is 486 g/mol. The van der Waals surface area contributed by atoms with E-state index in [0.717, 1.165) is 18.5 Å². The number of rotatable bonds is 5. The van der Waals surface area contributed by atoms with Crippen molar-refractivity contribution in [2.24, 2.45) is 23.7 Å². The number of likely N-dealkylation sites (tertiary alicyclic amines) is 1. The van der Waals surface area contributed by atoms with Crippen molar-refractivity contribution < 1.29 is 14.6 Å². The predicted molar refractivity (Wildman–Crippen MR) is 129 cm³/mol. The van der Waals surface area contributed by atoms with Gasteiger partial charge in [-0.3, -0.25) is 9.78 Å². The van der Waals surface area contributed by atoms with E-state index >= 15 is 0 Å². The van der Waals surface area contributed by atoms with Crippen molar-refractivity contribution in [3.8, 4) is 5.88 Å². The number of nitrogens with zero attached hydrogens (tertiary/aromatic N) is 5. The molecule has 0 radical (unpaired) electrons. The highest BCUT2D eigenvalue weighted by molar-refractivity contribution is 6.30. The van der Waals surface area contributed by atoms with Crippen LogP contribution in [0.3, 0.4) is 0 Å². The third kappa shape index (κ3) is 4.11. The van der Waals surface area contributed by atoms with Crippen LogP contribution in [0.5, 0.6) is 5.88 Å². The molecule has 34 heavy (non-hydrogen) atoms. The van der Waals surface area contributed by atoms with Crippen LogP contribution in [0.1, 0.15) is 38.3 Å². The van der Waals surface area contributed by atoms with E-state index in [4.69, 9.17) is 16.3 Å². The largest absolute Gasteiger partial charge is 0.480 e. The van der Waals surface area contributed by atoms with Crippen LogP contribution in [0.15, 0.2) is 30.5 Å². The summed E-state index contributed by atoms with van der Waals surface area (Å²) in [6.07, 6.45) is 3.81. The van der Waals surface area contributed by atoms with Gasteiger partial charge in [0, 0.05) is 61.9 Å². The fourth-order valence-electron chi connectivity index (χ4n) is 6.02. The summed E-state index contributed by atoms with van der Waals surface area (Å²) in [5, 5.41) is 20.4. The van der Waals surface area contributed by atoms with Gasteiger partial charge in [-0.1, -0.05) is 25.4 Å². The molecule has 1 aliphatic carbocycles. The zero-order valence-corrected chi connectivity index (χ0v) is 20.6. The van der Waals surface area contributed by atoms with Crippen LogP contribution < -0.4 is 9.64 Å². The minimum Gasteiger partial charge on any atom is -0.480 e. The maximum Gasteiger partial charge on any atom is 0.233 e. The maximum absolute atomic E-state index is 13.9. The Bertz CT molecular complexity index is 1020. The molecular formula is C25H32ClN5O3. The Morgan fingerprint density at radius 3 is 2.38 bits per heavy atom. The molecule has 1 saturated carbocycles. The zero-order chi connectivity index (χ0) is 24.0. The van der Waals surface area contributed by atoms with Gasteiger partial charge in [0.2, 0.25) is 11.8 Å². The second kappa shape index (κ2) is 8.96. The summed E-state index contributed by atoms with van der Waals surface area (Å²) >= 11 is 6.08. The lowest BCUT2D eigenvalue weighted by Gasteiger charge is -2.49. The van der Waals surface area contributed by atoms with Crippen LogP contribution in [0, 0.1) is 23.7 Å². The third-order valence-corrected chi connectivity index (χ3v) is 8.26. The molecule has 1 amide bonds. The monoisotopic (exact) mass is 485 g/mol. The van der Waals surface area contributed by atoms with Crippen molar-refractivity contribution in [3.05, 3.63) is 41.2 Å². The molecule has 2 aromatic rings. The Morgan fingerprint density at radius 1 is 1.09 bits per heavy atom. The minimum atomic E-state index is -0.672. The molecule has 0 aromatic carbocycles. The third-order valence-electron chi connectivity index (χ3n) is 8.04. The molecular weight excluding hydrogens is 454 g/mol. The molecule has 182 valence electrons. The SMILES string of the molecule is COc1ccc(N2C[C@@H](C(=O)N3CC(C)C(O)(C4CC4)C(C)C3)[C@H](c3ccc(Cl)cn3)C2)nn1. The molecule has 3 aliphatic rings. The molecule has 2 aromatic heterocycles. The van der Waals surface area contributed by atoms with Crippen molar-refractivity contribution in [3.63, 3.8) is 0 Å². The number of methoxy groups -OCH3 is 1. The van der Waals surface area contributed by atoms with Crippen molar-refractivity contribution in [1.29, 1.82) is 0 Å². The van der Waals surface area contributed by atoms with Gasteiger partial charge in [-0.2, -0.15) is 0 Å². The number of aliphatic hydroxyl groups is 1. The van der Waals surface area contributed by atoms with Crippen molar-refractivity contribution >= 4 is 23.3 Å².